The third kappa shape index (κ3) is 5.07. The lowest BCUT2D eigenvalue weighted by Gasteiger charge is -2.16. The second kappa shape index (κ2) is 8.44. The van der Waals surface area contributed by atoms with E-state index in [2.05, 4.69) is 6.58 Å². The molecule has 0 spiro atoms. The fraction of sp³-hybridized carbons (Fsp3) is 0.375. The molecule has 0 saturated carbocycles. The third-order valence-corrected chi connectivity index (χ3v) is 3.07. The number of ether oxygens (including phenoxy) is 3. The molecule has 1 rings (SSSR count). The van der Waals surface area contributed by atoms with Gasteiger partial charge in [-0.25, -0.2) is 9.59 Å². The Balaban J connectivity index is 2.87. The predicted molar refractivity (Wildman–Crippen MR) is 83.2 cm³/mol. The Labute approximate surface area is 134 Å². The highest BCUT2D eigenvalue weighted by Crippen LogP contribution is 2.29. The van der Waals surface area contributed by atoms with Gasteiger partial charge >= 0.3 is 11.9 Å². The van der Waals surface area contributed by atoms with Crippen LogP contribution in [0.5, 0.6) is 11.5 Å². The second-order valence-corrected chi connectivity index (χ2v) is 5.09. The van der Waals surface area contributed by atoms with Crippen molar-refractivity contribution >= 4 is 23.5 Å². The molecule has 0 bridgehead atoms. The normalized spacial score (nSPS) is 11.5. The highest BCUT2D eigenvalue weighted by atomic mass is 35.5. The fourth-order valence-electron chi connectivity index (χ4n) is 1.58. The zero-order valence-corrected chi connectivity index (χ0v) is 13.6. The maximum absolute atomic E-state index is 12.2. The third-order valence-electron chi connectivity index (χ3n) is 2.76. The number of hydrogen-bond acceptors (Lipinski definition) is 5. The van der Waals surface area contributed by atoms with Gasteiger partial charge in [0.2, 0.25) is 0 Å². The van der Waals surface area contributed by atoms with Crippen molar-refractivity contribution in [1.82, 2.24) is 0 Å². The average molecular weight is 327 g/mol. The van der Waals surface area contributed by atoms with E-state index in [4.69, 9.17) is 25.8 Å². The molecule has 1 unspecified atom stereocenters. The van der Waals surface area contributed by atoms with Crippen molar-refractivity contribution < 1.29 is 23.8 Å². The molecule has 0 N–H and O–H groups in total. The predicted octanol–water partition coefficient (Wildman–Crippen LogP) is 3.54. The van der Waals surface area contributed by atoms with Crippen LogP contribution >= 0.6 is 11.6 Å². The van der Waals surface area contributed by atoms with Gasteiger partial charge < -0.3 is 14.2 Å². The summed E-state index contributed by atoms with van der Waals surface area (Å²) in [5, 5.41) is 0.260. The number of esters is 2. The highest BCUT2D eigenvalue weighted by Gasteiger charge is 2.25. The van der Waals surface area contributed by atoms with Gasteiger partial charge in [0, 0.05) is 11.6 Å². The van der Waals surface area contributed by atoms with Gasteiger partial charge in [-0.05, 0) is 25.5 Å². The lowest BCUT2D eigenvalue weighted by Crippen LogP contribution is -2.31. The summed E-state index contributed by atoms with van der Waals surface area (Å²) in [6.45, 7) is 6.86. The summed E-state index contributed by atoms with van der Waals surface area (Å²) < 4.78 is 15.4. The molecule has 1 aromatic carbocycles. The molecule has 0 aliphatic rings. The van der Waals surface area contributed by atoms with Gasteiger partial charge in [0.1, 0.15) is 5.75 Å². The summed E-state index contributed by atoms with van der Waals surface area (Å²) in [4.78, 5) is 23.8. The molecule has 1 aromatic rings. The van der Waals surface area contributed by atoms with Crippen LogP contribution in [0.1, 0.15) is 26.7 Å². The van der Waals surface area contributed by atoms with Crippen molar-refractivity contribution in [3.63, 3.8) is 0 Å². The van der Waals surface area contributed by atoms with Crippen LogP contribution in [-0.4, -0.2) is 25.2 Å². The molecular formula is C16H19ClO5. The number of methoxy groups -OCH3 is 1. The van der Waals surface area contributed by atoms with Crippen LogP contribution in [0.2, 0.25) is 5.02 Å². The maximum Gasteiger partial charge on any atom is 0.352 e. The average Bonchev–Trinajstić information content (AvgIpc) is 2.48. The first-order valence-corrected chi connectivity index (χ1v) is 7.18. The molecule has 0 aliphatic heterocycles. The molecule has 0 radical (unpaired) electrons. The summed E-state index contributed by atoms with van der Waals surface area (Å²) >= 11 is 5.98. The minimum absolute atomic E-state index is 0.151. The number of hydrogen-bond donors (Lipinski definition) is 0. The van der Waals surface area contributed by atoms with Crippen molar-refractivity contribution in [2.24, 2.45) is 0 Å². The van der Waals surface area contributed by atoms with E-state index in [0.717, 1.165) is 0 Å². The van der Waals surface area contributed by atoms with Gasteiger partial charge in [0.05, 0.1) is 12.1 Å². The first kappa shape index (κ1) is 18.0. The molecule has 0 saturated heterocycles. The lowest BCUT2D eigenvalue weighted by atomic mass is 10.2. The lowest BCUT2D eigenvalue weighted by molar-refractivity contribution is -0.159. The standard InChI is InChI=1S/C16H19ClO5/c1-5-6-13(21-15(18)10(2)3)16(19)22-14-9-11(20-4)7-8-12(14)17/h7-9,13H,2,5-6H2,1,3-4H3. The number of rotatable bonds is 7. The Hall–Kier alpha value is -2.01. The van der Waals surface area contributed by atoms with Gasteiger partial charge in [-0.15, -0.1) is 0 Å². The van der Waals surface area contributed by atoms with E-state index in [0.29, 0.717) is 18.6 Å². The van der Waals surface area contributed by atoms with Crippen molar-refractivity contribution in [2.75, 3.05) is 7.11 Å². The monoisotopic (exact) mass is 326 g/mol. The number of benzene rings is 1. The van der Waals surface area contributed by atoms with Gasteiger partial charge in [0.25, 0.3) is 0 Å². The first-order chi connectivity index (χ1) is 10.4. The van der Waals surface area contributed by atoms with E-state index in [1.165, 1.54) is 20.1 Å². The number of halogens is 1. The van der Waals surface area contributed by atoms with Crippen molar-refractivity contribution in [3.8, 4) is 11.5 Å². The van der Waals surface area contributed by atoms with Crippen LogP contribution in [0.15, 0.2) is 30.4 Å². The summed E-state index contributed by atoms with van der Waals surface area (Å²) in [6, 6.07) is 4.69. The van der Waals surface area contributed by atoms with Crippen molar-refractivity contribution in [3.05, 3.63) is 35.4 Å². The molecule has 0 fully saturated rings. The van der Waals surface area contributed by atoms with E-state index in [1.54, 1.807) is 12.1 Å². The van der Waals surface area contributed by atoms with Crippen LogP contribution in [0.25, 0.3) is 0 Å². The molecule has 0 heterocycles. The Morgan fingerprint density at radius 1 is 1.36 bits per heavy atom. The maximum atomic E-state index is 12.2. The minimum Gasteiger partial charge on any atom is -0.497 e. The van der Waals surface area contributed by atoms with E-state index in [1.807, 2.05) is 6.92 Å². The molecule has 120 valence electrons. The Kier molecular flexibility index (Phi) is 6.92. The summed E-state index contributed by atoms with van der Waals surface area (Å²) in [6.07, 6.45) is -0.00871. The zero-order valence-electron chi connectivity index (χ0n) is 12.8. The van der Waals surface area contributed by atoms with E-state index >= 15 is 0 Å². The van der Waals surface area contributed by atoms with Crippen LogP contribution in [0.4, 0.5) is 0 Å². The molecule has 5 nitrogen and oxygen atoms in total. The fourth-order valence-corrected chi connectivity index (χ4v) is 1.74. The molecule has 22 heavy (non-hydrogen) atoms. The van der Waals surface area contributed by atoms with Gasteiger partial charge in [0.15, 0.2) is 11.9 Å². The molecule has 0 amide bonds. The zero-order chi connectivity index (χ0) is 16.7. The molecule has 6 heteroatoms. The minimum atomic E-state index is -1.00. The molecular weight excluding hydrogens is 308 g/mol. The van der Waals surface area contributed by atoms with Crippen LogP contribution in [-0.2, 0) is 14.3 Å². The molecule has 1 atom stereocenters. The van der Waals surface area contributed by atoms with E-state index in [9.17, 15) is 9.59 Å². The summed E-state index contributed by atoms with van der Waals surface area (Å²) in [5.74, 6) is -0.671. The van der Waals surface area contributed by atoms with Crippen LogP contribution in [0.3, 0.4) is 0 Å². The van der Waals surface area contributed by atoms with Gasteiger partial charge in [-0.1, -0.05) is 31.5 Å². The van der Waals surface area contributed by atoms with Crippen LogP contribution in [0, 0.1) is 0 Å². The van der Waals surface area contributed by atoms with Crippen molar-refractivity contribution in [2.45, 2.75) is 32.8 Å². The summed E-state index contributed by atoms with van der Waals surface area (Å²) in [7, 11) is 1.49. The topological polar surface area (TPSA) is 61.8 Å². The second-order valence-electron chi connectivity index (χ2n) is 4.68. The Morgan fingerprint density at radius 2 is 2.05 bits per heavy atom. The van der Waals surface area contributed by atoms with Gasteiger partial charge in [-0.2, -0.15) is 0 Å². The molecule has 0 aromatic heterocycles. The molecule has 0 aliphatic carbocycles. The number of carbonyl (C=O) groups excluding carboxylic acids is 2. The Morgan fingerprint density at radius 3 is 2.59 bits per heavy atom. The summed E-state index contributed by atoms with van der Waals surface area (Å²) in [5.41, 5.74) is 0.216. The Bertz CT molecular complexity index is 568. The van der Waals surface area contributed by atoms with E-state index in [-0.39, 0.29) is 16.3 Å². The quantitative estimate of drug-likeness (QED) is 0.435. The number of carbonyl (C=O) groups is 2. The smallest absolute Gasteiger partial charge is 0.352 e. The SMILES string of the molecule is C=C(C)C(=O)OC(CCC)C(=O)Oc1cc(OC)ccc1Cl. The van der Waals surface area contributed by atoms with E-state index < -0.39 is 18.0 Å². The van der Waals surface area contributed by atoms with Crippen LogP contribution < -0.4 is 9.47 Å². The van der Waals surface area contributed by atoms with Crippen molar-refractivity contribution in [1.29, 1.82) is 0 Å². The first-order valence-electron chi connectivity index (χ1n) is 6.80. The van der Waals surface area contributed by atoms with Gasteiger partial charge in [-0.3, -0.25) is 0 Å². The highest BCUT2D eigenvalue weighted by molar-refractivity contribution is 6.32. The largest absolute Gasteiger partial charge is 0.497 e.